The van der Waals surface area contributed by atoms with E-state index in [4.69, 9.17) is 61.6 Å². The van der Waals surface area contributed by atoms with Crippen LogP contribution in [0.15, 0.2) is 18.3 Å². The van der Waals surface area contributed by atoms with Crippen LogP contribution in [0.2, 0.25) is 0 Å². The molecule has 1 atom stereocenters. The van der Waals surface area contributed by atoms with Crippen LogP contribution in [0.1, 0.15) is 332 Å². The molecule has 2 aliphatic carbocycles. The molecule has 1 aromatic rings. The number of nitrogens with zero attached hydrogens (tertiary/aromatic N) is 3. The van der Waals surface area contributed by atoms with Crippen molar-refractivity contribution in [3.63, 3.8) is 0 Å². The first-order chi connectivity index (χ1) is 50.7. The second kappa shape index (κ2) is 53.9. The van der Waals surface area contributed by atoms with Crippen LogP contribution < -0.4 is 4.74 Å². The van der Waals surface area contributed by atoms with E-state index in [1.165, 1.54) is 45.1 Å². The van der Waals surface area contributed by atoms with Crippen LogP contribution in [-0.2, 0) is 56.8 Å². The fraction of sp³-hybridized carbons (Fsp3) is 0.922. The zero-order valence-corrected chi connectivity index (χ0v) is 74.5. The SMILES string of the molecule is CC(C)(C)OCCCC#Cc1ccc(OC2CC(OC(C)(C)C)C2)cn1.CC(C)(C)OCCCCCOCCCCCN1CC(OC(C)(C)C)C1.CC(C)(C)OCCCCCOCCCCCOC1CC(OC(C)(C)C)C1.CC(C)(C)OCCCCCOCCOCCC(CC1CCN(C(C)(C)C)CC1)C(F)(F)F. The van der Waals surface area contributed by atoms with E-state index in [1.54, 1.807) is 6.20 Å². The Bertz CT molecular complexity index is 2420. The van der Waals surface area contributed by atoms with Crippen LogP contribution in [0.5, 0.6) is 5.75 Å². The molecule has 0 radical (unpaired) electrons. The Hall–Kier alpha value is -2.26. The minimum Gasteiger partial charge on any atom is -0.489 e. The highest BCUT2D eigenvalue weighted by Crippen LogP contribution is 2.38. The molecular formula is C90H168F3N3O13. The maximum atomic E-state index is 13.5. The largest absolute Gasteiger partial charge is 0.489 e. The molecule has 16 nitrogen and oxygen atoms in total. The van der Waals surface area contributed by atoms with Gasteiger partial charge in [-0.3, -0.25) is 9.80 Å². The number of pyridine rings is 1. The summed E-state index contributed by atoms with van der Waals surface area (Å²) in [4.78, 5) is 9.23. The van der Waals surface area contributed by atoms with Crippen LogP contribution in [0, 0.1) is 23.7 Å². The highest BCUT2D eigenvalue weighted by molar-refractivity contribution is 5.31. The monoisotopic (exact) mass is 1560 g/mol. The van der Waals surface area contributed by atoms with E-state index < -0.39 is 12.1 Å². The molecule has 0 bridgehead atoms. The van der Waals surface area contributed by atoms with E-state index in [9.17, 15) is 13.2 Å². The summed E-state index contributed by atoms with van der Waals surface area (Å²) in [6.07, 6.45) is 24.2. The summed E-state index contributed by atoms with van der Waals surface area (Å²) in [7, 11) is 0. The first-order valence-electron chi connectivity index (χ1n) is 42.9. The summed E-state index contributed by atoms with van der Waals surface area (Å²) < 4.78 is 115. The maximum absolute atomic E-state index is 13.5. The van der Waals surface area contributed by atoms with Crippen molar-refractivity contribution in [1.82, 2.24) is 14.8 Å². The van der Waals surface area contributed by atoms with Gasteiger partial charge in [0.2, 0.25) is 0 Å². The quantitative estimate of drug-likeness (QED) is 0.0451. The molecule has 4 fully saturated rings. The molecule has 1 unspecified atom stereocenters. The standard InChI is InChI=1S/C25H48F3NO3.C22H33NO3.C22H44O4.C21H43NO3/c1-23(2,3)29-13-10-21(11-14-29)20-22(25(26,27)28)12-17-31-19-18-30-15-8-7-9-16-32-24(4,5)6;1-21(2,3)24-13-9-7-8-10-17-11-12-18(16-23-17)25-19-14-20(15-19)26-22(4,5)6;1-21(2,3)25-16-12-8-10-14-23-13-9-7-11-15-24-19-17-20(18-19)26-22(4,5)6;1-20(2,3)24-16-12-8-11-15-23-14-10-7-9-13-22-17-19(18-22)25-21(4,5)6/h21-22H,7-20H2,1-6H3;11-12,16,19-20H,7,9,13-15H2,1-6H3;19-20H,7-18H2,1-6H3;19H,7-18H2,1-6H3. The van der Waals surface area contributed by atoms with Crippen molar-refractivity contribution in [2.45, 2.75) is 408 Å². The molecule has 642 valence electrons. The van der Waals surface area contributed by atoms with Crippen molar-refractivity contribution in [3.8, 4) is 17.6 Å². The summed E-state index contributed by atoms with van der Waals surface area (Å²) in [5, 5.41) is 0. The predicted octanol–water partition coefficient (Wildman–Crippen LogP) is 21.4. The topological polar surface area (TPSA) is 139 Å². The number of hydrogen-bond donors (Lipinski definition) is 0. The number of likely N-dealkylation sites (tertiary alicyclic amines) is 2. The Morgan fingerprint density at radius 2 is 0.798 bits per heavy atom. The molecule has 2 saturated heterocycles. The molecule has 0 amide bonds. The summed E-state index contributed by atoms with van der Waals surface area (Å²) >= 11 is 0. The van der Waals surface area contributed by atoms with Crippen LogP contribution in [0.25, 0.3) is 0 Å². The Morgan fingerprint density at radius 1 is 0.413 bits per heavy atom. The molecule has 0 aromatic carbocycles. The number of halogens is 3. The fourth-order valence-corrected chi connectivity index (χ4v) is 12.6. The average Bonchev–Trinajstić information content (AvgIpc) is 0.845. The smallest absolute Gasteiger partial charge is 0.391 e. The van der Waals surface area contributed by atoms with Gasteiger partial charge >= 0.3 is 6.18 Å². The van der Waals surface area contributed by atoms with Crippen LogP contribution in [0.4, 0.5) is 13.2 Å². The van der Waals surface area contributed by atoms with Gasteiger partial charge in [-0.25, -0.2) is 4.98 Å². The Morgan fingerprint density at radius 3 is 1.20 bits per heavy atom. The molecule has 109 heavy (non-hydrogen) atoms. The second-order valence-corrected chi connectivity index (χ2v) is 38.7. The van der Waals surface area contributed by atoms with E-state index in [-0.39, 0.29) is 76.2 Å². The molecule has 3 heterocycles. The van der Waals surface area contributed by atoms with Crippen LogP contribution in [0.3, 0.4) is 0 Å². The molecule has 1 aromatic heterocycles. The van der Waals surface area contributed by atoms with E-state index in [0.717, 1.165) is 206 Å². The molecule has 4 aliphatic rings. The lowest BCUT2D eigenvalue weighted by atomic mass is 9.84. The number of piperidine rings is 1. The van der Waals surface area contributed by atoms with E-state index >= 15 is 0 Å². The average molecular weight is 1560 g/mol. The number of alkyl halides is 3. The first kappa shape index (κ1) is 103. The van der Waals surface area contributed by atoms with Crippen molar-refractivity contribution >= 4 is 0 Å². The summed E-state index contributed by atoms with van der Waals surface area (Å²) in [6.45, 7) is 64.8. The van der Waals surface area contributed by atoms with Crippen molar-refractivity contribution in [2.75, 3.05) is 119 Å². The van der Waals surface area contributed by atoms with Crippen molar-refractivity contribution in [3.05, 3.63) is 24.0 Å². The van der Waals surface area contributed by atoms with Gasteiger partial charge in [0.25, 0.3) is 0 Å². The molecular weight excluding hydrogens is 1390 g/mol. The summed E-state index contributed by atoms with van der Waals surface area (Å²) in [6, 6.07) is 3.85. The lowest BCUT2D eigenvalue weighted by Crippen LogP contribution is -2.54. The predicted molar refractivity (Wildman–Crippen MR) is 441 cm³/mol. The fourth-order valence-electron chi connectivity index (χ4n) is 12.6. The summed E-state index contributed by atoms with van der Waals surface area (Å²) in [5.41, 5.74) is 0.544. The van der Waals surface area contributed by atoms with E-state index in [1.807, 2.05) is 32.9 Å². The first-order valence-corrected chi connectivity index (χ1v) is 42.9. The van der Waals surface area contributed by atoms with Gasteiger partial charge in [0.1, 0.15) is 17.5 Å². The normalized spacial score (nSPS) is 19.1. The zero-order chi connectivity index (χ0) is 81.7. The molecule has 0 N–H and O–H groups in total. The molecule has 5 rings (SSSR count). The third-order valence-corrected chi connectivity index (χ3v) is 18.4. The number of rotatable bonds is 47. The molecule has 2 aliphatic heterocycles. The van der Waals surface area contributed by atoms with Crippen molar-refractivity contribution < 1.29 is 74.8 Å². The third-order valence-electron chi connectivity index (χ3n) is 18.4. The molecule has 2 saturated carbocycles. The van der Waals surface area contributed by atoms with Crippen molar-refractivity contribution in [2.24, 2.45) is 11.8 Å². The Kier molecular flexibility index (Phi) is 50.8. The van der Waals surface area contributed by atoms with Crippen molar-refractivity contribution in [1.29, 1.82) is 0 Å². The van der Waals surface area contributed by atoms with Gasteiger partial charge in [0.05, 0.1) is 89.0 Å². The lowest BCUT2D eigenvalue weighted by molar-refractivity contribution is -0.185. The lowest BCUT2D eigenvalue weighted by Gasteiger charge is -2.42. The number of unbranched alkanes of at least 4 members (excludes halogenated alkanes) is 11. The number of hydrogen-bond acceptors (Lipinski definition) is 16. The minimum atomic E-state index is -4.16. The van der Waals surface area contributed by atoms with Gasteiger partial charge in [-0.2, -0.15) is 13.2 Å². The van der Waals surface area contributed by atoms with Crippen LogP contribution >= 0.6 is 0 Å². The number of ether oxygens (including phenoxy) is 13. The van der Waals surface area contributed by atoms with Gasteiger partial charge in [-0.15, -0.1) is 0 Å². The zero-order valence-electron chi connectivity index (χ0n) is 74.5. The Balaban J connectivity index is 0.000000496. The minimum absolute atomic E-state index is 0.00624. The van der Waals surface area contributed by atoms with Gasteiger partial charge in [-0.1, -0.05) is 5.92 Å². The van der Waals surface area contributed by atoms with Gasteiger partial charge in [0.15, 0.2) is 0 Å². The molecule has 19 heteroatoms. The van der Waals surface area contributed by atoms with Gasteiger partial charge in [-0.05, 0) is 351 Å². The van der Waals surface area contributed by atoms with Gasteiger partial charge in [0, 0.05) is 111 Å². The number of aromatic nitrogens is 1. The third kappa shape index (κ3) is 61.8. The van der Waals surface area contributed by atoms with Crippen LogP contribution in [-0.4, -0.2) is 215 Å². The highest BCUT2D eigenvalue weighted by atomic mass is 19.4. The van der Waals surface area contributed by atoms with Gasteiger partial charge < -0.3 is 61.6 Å². The Labute approximate surface area is 666 Å². The second-order valence-electron chi connectivity index (χ2n) is 38.7. The van der Waals surface area contributed by atoms with E-state index in [0.29, 0.717) is 44.2 Å². The summed E-state index contributed by atoms with van der Waals surface area (Å²) in [5.74, 6) is 5.92. The maximum Gasteiger partial charge on any atom is 0.391 e. The van der Waals surface area contributed by atoms with E-state index in [2.05, 4.69) is 172 Å². The highest BCUT2D eigenvalue weighted by Gasteiger charge is 2.42. The molecule has 0 spiro atoms.